The average molecular weight is 249 g/mol. The third-order valence-corrected chi connectivity index (χ3v) is 1.98. The number of hydrogen-bond acceptors (Lipinski definition) is 6. The van der Waals surface area contributed by atoms with E-state index < -0.39 is 6.04 Å². The van der Waals surface area contributed by atoms with Crippen LogP contribution in [0.2, 0.25) is 0 Å². The molecule has 6 nitrogen and oxygen atoms in total. The molecule has 0 aliphatic heterocycles. The highest BCUT2D eigenvalue weighted by Crippen LogP contribution is 1.95. The molecule has 0 spiro atoms. The Balaban J connectivity index is 3.24. The molecule has 0 aliphatic carbocycles. The Morgan fingerprint density at radius 1 is 1.18 bits per heavy atom. The second-order valence-corrected chi connectivity index (χ2v) is 3.51. The zero-order chi connectivity index (χ0) is 12.9. The van der Waals surface area contributed by atoms with Gasteiger partial charge >= 0.3 is 5.97 Å². The first-order chi connectivity index (χ1) is 8.22. The van der Waals surface area contributed by atoms with Gasteiger partial charge in [0.05, 0.1) is 33.0 Å². The van der Waals surface area contributed by atoms with Gasteiger partial charge in [-0.3, -0.25) is 4.79 Å². The summed E-state index contributed by atoms with van der Waals surface area (Å²) in [6.45, 7) is 3.64. The largest absolute Gasteiger partial charge is 0.462 e. The van der Waals surface area contributed by atoms with Crippen LogP contribution in [0.15, 0.2) is 0 Å². The van der Waals surface area contributed by atoms with Crippen molar-refractivity contribution in [2.45, 2.75) is 25.8 Å². The molecule has 0 fully saturated rings. The van der Waals surface area contributed by atoms with Crippen LogP contribution in [0.5, 0.6) is 0 Å². The predicted octanol–water partition coefficient (Wildman–Crippen LogP) is -0.317. The molecule has 0 heterocycles. The first-order valence-corrected chi connectivity index (χ1v) is 5.91. The SMILES string of the molecule is CCCC(N)C(=O)OCCOCCOCCO. The maximum Gasteiger partial charge on any atom is 0.322 e. The van der Waals surface area contributed by atoms with Crippen LogP contribution < -0.4 is 5.73 Å². The number of carbonyl (C=O) groups excluding carboxylic acids is 1. The van der Waals surface area contributed by atoms with Crippen molar-refractivity contribution in [2.24, 2.45) is 5.73 Å². The Morgan fingerprint density at radius 3 is 2.35 bits per heavy atom. The number of aliphatic hydroxyl groups is 1. The number of carbonyl (C=O) groups is 1. The van der Waals surface area contributed by atoms with Gasteiger partial charge in [0.25, 0.3) is 0 Å². The van der Waals surface area contributed by atoms with Crippen LogP contribution in [0.3, 0.4) is 0 Å². The van der Waals surface area contributed by atoms with E-state index >= 15 is 0 Å². The van der Waals surface area contributed by atoms with Crippen LogP contribution in [0.4, 0.5) is 0 Å². The van der Waals surface area contributed by atoms with E-state index in [1.54, 1.807) is 0 Å². The summed E-state index contributed by atoms with van der Waals surface area (Å²) in [5, 5.41) is 8.43. The lowest BCUT2D eigenvalue weighted by molar-refractivity contribution is -0.147. The second kappa shape index (κ2) is 11.8. The summed E-state index contributed by atoms with van der Waals surface area (Å²) < 4.78 is 15.0. The summed E-state index contributed by atoms with van der Waals surface area (Å²) in [5.41, 5.74) is 5.56. The number of hydrogen-bond donors (Lipinski definition) is 2. The Hall–Kier alpha value is -0.690. The minimum Gasteiger partial charge on any atom is -0.462 e. The van der Waals surface area contributed by atoms with E-state index in [1.165, 1.54) is 0 Å². The highest BCUT2D eigenvalue weighted by atomic mass is 16.6. The lowest BCUT2D eigenvalue weighted by Crippen LogP contribution is -2.32. The minimum absolute atomic E-state index is 0.00687. The monoisotopic (exact) mass is 249 g/mol. The Labute approximate surface area is 102 Å². The minimum atomic E-state index is -0.534. The van der Waals surface area contributed by atoms with E-state index in [-0.39, 0.29) is 19.2 Å². The van der Waals surface area contributed by atoms with Crippen LogP contribution in [0.1, 0.15) is 19.8 Å². The first-order valence-electron chi connectivity index (χ1n) is 5.91. The van der Waals surface area contributed by atoms with Gasteiger partial charge in [-0.15, -0.1) is 0 Å². The molecular formula is C11H23NO5. The number of aliphatic hydroxyl groups excluding tert-OH is 1. The van der Waals surface area contributed by atoms with Crippen LogP contribution in [0, 0.1) is 0 Å². The number of rotatable bonds is 11. The Bertz CT molecular complexity index is 189. The number of esters is 1. The molecular weight excluding hydrogens is 226 g/mol. The molecule has 0 rings (SSSR count). The summed E-state index contributed by atoms with van der Waals surface area (Å²) in [6, 6.07) is -0.534. The molecule has 0 aromatic carbocycles. The fourth-order valence-electron chi connectivity index (χ4n) is 1.12. The van der Waals surface area contributed by atoms with Gasteiger partial charge in [0, 0.05) is 0 Å². The highest BCUT2D eigenvalue weighted by molar-refractivity contribution is 5.75. The third kappa shape index (κ3) is 10.2. The zero-order valence-corrected chi connectivity index (χ0v) is 10.4. The molecule has 0 radical (unpaired) electrons. The molecule has 0 bridgehead atoms. The molecule has 6 heteroatoms. The maximum atomic E-state index is 11.3. The Morgan fingerprint density at radius 2 is 1.76 bits per heavy atom. The summed E-state index contributed by atoms with van der Waals surface area (Å²) in [5.74, 6) is -0.382. The van der Waals surface area contributed by atoms with E-state index in [1.807, 2.05) is 6.92 Å². The first kappa shape index (κ1) is 16.3. The van der Waals surface area contributed by atoms with Gasteiger partial charge in [0.1, 0.15) is 12.6 Å². The van der Waals surface area contributed by atoms with E-state index in [9.17, 15) is 4.79 Å². The summed E-state index contributed by atoms with van der Waals surface area (Å²) >= 11 is 0. The maximum absolute atomic E-state index is 11.3. The fraction of sp³-hybridized carbons (Fsp3) is 0.909. The molecule has 0 saturated heterocycles. The van der Waals surface area contributed by atoms with Crippen molar-refractivity contribution < 1.29 is 24.1 Å². The van der Waals surface area contributed by atoms with Gasteiger partial charge in [-0.1, -0.05) is 13.3 Å². The van der Waals surface area contributed by atoms with Crippen molar-refractivity contribution in [2.75, 3.05) is 39.6 Å². The van der Waals surface area contributed by atoms with E-state index in [0.29, 0.717) is 32.8 Å². The summed E-state index contributed by atoms with van der Waals surface area (Å²) in [6.07, 6.45) is 1.49. The molecule has 0 aliphatic rings. The quantitative estimate of drug-likeness (QED) is 0.385. The van der Waals surface area contributed by atoms with Crippen molar-refractivity contribution in [3.63, 3.8) is 0 Å². The molecule has 3 N–H and O–H groups in total. The number of ether oxygens (including phenoxy) is 3. The van der Waals surface area contributed by atoms with Gasteiger partial charge in [-0.25, -0.2) is 0 Å². The van der Waals surface area contributed by atoms with Gasteiger partial charge in [-0.05, 0) is 6.42 Å². The summed E-state index contributed by atoms with van der Waals surface area (Å²) in [7, 11) is 0. The van der Waals surface area contributed by atoms with Crippen LogP contribution >= 0.6 is 0 Å². The summed E-state index contributed by atoms with van der Waals surface area (Å²) in [4.78, 5) is 11.3. The predicted molar refractivity (Wildman–Crippen MR) is 62.6 cm³/mol. The smallest absolute Gasteiger partial charge is 0.322 e. The highest BCUT2D eigenvalue weighted by Gasteiger charge is 2.12. The molecule has 0 amide bonds. The zero-order valence-electron chi connectivity index (χ0n) is 10.4. The van der Waals surface area contributed by atoms with Crippen molar-refractivity contribution in [1.29, 1.82) is 0 Å². The molecule has 17 heavy (non-hydrogen) atoms. The van der Waals surface area contributed by atoms with Crippen molar-refractivity contribution >= 4 is 5.97 Å². The lowest BCUT2D eigenvalue weighted by Gasteiger charge is -2.10. The van der Waals surface area contributed by atoms with Crippen molar-refractivity contribution in [1.82, 2.24) is 0 Å². The van der Waals surface area contributed by atoms with E-state index in [2.05, 4.69) is 0 Å². The topological polar surface area (TPSA) is 91.0 Å². The normalized spacial score (nSPS) is 12.4. The van der Waals surface area contributed by atoms with Gasteiger partial charge in [-0.2, -0.15) is 0 Å². The third-order valence-electron chi connectivity index (χ3n) is 1.98. The second-order valence-electron chi connectivity index (χ2n) is 3.51. The van der Waals surface area contributed by atoms with Gasteiger partial charge in [0.15, 0.2) is 0 Å². The average Bonchev–Trinajstić information content (AvgIpc) is 2.32. The molecule has 0 aromatic heterocycles. The van der Waals surface area contributed by atoms with Gasteiger partial charge in [0.2, 0.25) is 0 Å². The van der Waals surface area contributed by atoms with E-state index in [0.717, 1.165) is 6.42 Å². The lowest BCUT2D eigenvalue weighted by atomic mass is 10.2. The fourth-order valence-corrected chi connectivity index (χ4v) is 1.12. The Kier molecular flexibility index (Phi) is 11.3. The standard InChI is InChI=1S/C11H23NO5/c1-2-3-10(12)11(14)17-9-8-16-7-6-15-5-4-13/h10,13H,2-9,12H2,1H3. The van der Waals surface area contributed by atoms with Crippen molar-refractivity contribution in [3.8, 4) is 0 Å². The van der Waals surface area contributed by atoms with Crippen molar-refractivity contribution in [3.05, 3.63) is 0 Å². The van der Waals surface area contributed by atoms with Crippen LogP contribution in [-0.4, -0.2) is 56.8 Å². The van der Waals surface area contributed by atoms with Crippen LogP contribution in [-0.2, 0) is 19.0 Å². The molecule has 102 valence electrons. The molecule has 1 atom stereocenters. The number of nitrogens with two attached hydrogens (primary N) is 1. The van der Waals surface area contributed by atoms with Gasteiger partial charge < -0.3 is 25.1 Å². The molecule has 0 saturated carbocycles. The van der Waals surface area contributed by atoms with E-state index in [4.69, 9.17) is 25.1 Å². The van der Waals surface area contributed by atoms with Crippen LogP contribution in [0.25, 0.3) is 0 Å². The molecule has 0 aromatic rings. The molecule has 1 unspecified atom stereocenters.